The lowest BCUT2D eigenvalue weighted by atomic mass is 10.3. The number of halogens is 2. The summed E-state index contributed by atoms with van der Waals surface area (Å²) in [4.78, 5) is -0.933. The molecule has 0 aliphatic carbocycles. The minimum absolute atomic E-state index is 0.0126. The van der Waals surface area contributed by atoms with Gasteiger partial charge in [-0.15, -0.1) is 5.11 Å². The Hall–Kier alpha value is -2.55. The molecule has 3 aromatic rings. The molecule has 164 valence electrons. The summed E-state index contributed by atoms with van der Waals surface area (Å²) in [6, 6.07) is 6.99. The summed E-state index contributed by atoms with van der Waals surface area (Å²) in [5.74, 6) is -0.492. The summed E-state index contributed by atoms with van der Waals surface area (Å²) in [6.07, 6.45) is 0. The summed E-state index contributed by atoms with van der Waals surface area (Å²) >= 11 is 12.0. The van der Waals surface area contributed by atoms with Crippen LogP contribution >= 0.6 is 23.2 Å². The normalized spacial score (nSPS) is 12.5. The maximum Gasteiger partial charge on any atom is 0.296 e. The molecule has 0 radical (unpaired) electrons. The molecular weight excluding hydrogens is 495 g/mol. The van der Waals surface area contributed by atoms with E-state index in [-0.39, 0.29) is 32.7 Å². The van der Waals surface area contributed by atoms with Crippen molar-refractivity contribution in [1.29, 1.82) is 0 Å². The fraction of sp³-hybridized carbons (Fsp3) is 0.0625. The Morgan fingerprint density at radius 1 is 0.903 bits per heavy atom. The van der Waals surface area contributed by atoms with Crippen molar-refractivity contribution in [1.82, 2.24) is 9.78 Å². The molecule has 0 aliphatic heterocycles. The molecule has 0 amide bonds. The van der Waals surface area contributed by atoms with Crippen LogP contribution in [0.25, 0.3) is 5.69 Å². The second kappa shape index (κ2) is 8.18. The third-order valence-corrected chi connectivity index (χ3v) is 6.69. The lowest BCUT2D eigenvalue weighted by Crippen LogP contribution is -2.03. The van der Waals surface area contributed by atoms with Crippen LogP contribution in [0.4, 0.5) is 11.4 Å². The molecule has 3 N–H and O–H groups in total. The topological polar surface area (TPSA) is 172 Å². The molecule has 0 saturated heterocycles. The van der Waals surface area contributed by atoms with Gasteiger partial charge in [0.05, 0.1) is 32.0 Å². The first-order valence-electron chi connectivity index (χ1n) is 8.04. The molecule has 2 aromatic carbocycles. The van der Waals surface area contributed by atoms with Gasteiger partial charge < -0.3 is 5.11 Å². The Kier molecular flexibility index (Phi) is 6.10. The van der Waals surface area contributed by atoms with Crippen molar-refractivity contribution in [3.8, 4) is 11.6 Å². The third kappa shape index (κ3) is 4.71. The van der Waals surface area contributed by atoms with E-state index < -0.39 is 36.0 Å². The van der Waals surface area contributed by atoms with E-state index in [0.717, 1.165) is 22.9 Å². The van der Waals surface area contributed by atoms with E-state index in [1.54, 1.807) is 0 Å². The largest absolute Gasteiger partial charge is 0.492 e. The van der Waals surface area contributed by atoms with Gasteiger partial charge >= 0.3 is 0 Å². The van der Waals surface area contributed by atoms with Crippen LogP contribution in [0.15, 0.2) is 56.4 Å². The summed E-state index contributed by atoms with van der Waals surface area (Å²) in [5, 5.41) is 21.6. The van der Waals surface area contributed by atoms with Gasteiger partial charge in [0.1, 0.15) is 4.90 Å². The maximum atomic E-state index is 11.3. The molecule has 15 heteroatoms. The first-order chi connectivity index (χ1) is 14.3. The van der Waals surface area contributed by atoms with Gasteiger partial charge in [-0.1, -0.05) is 23.2 Å². The van der Waals surface area contributed by atoms with E-state index in [2.05, 4.69) is 15.3 Å². The van der Waals surface area contributed by atoms with Gasteiger partial charge in [-0.3, -0.25) is 9.11 Å². The van der Waals surface area contributed by atoms with Crippen molar-refractivity contribution in [3.05, 3.63) is 52.1 Å². The molecule has 0 atom stereocenters. The molecule has 0 bridgehead atoms. The van der Waals surface area contributed by atoms with Gasteiger partial charge in [-0.2, -0.15) is 31.7 Å². The van der Waals surface area contributed by atoms with Crippen LogP contribution in [0.2, 0.25) is 10.0 Å². The summed E-state index contributed by atoms with van der Waals surface area (Å²) in [6.45, 7) is 1.51. The number of benzene rings is 2. The highest BCUT2D eigenvalue weighted by Gasteiger charge is 2.23. The molecule has 0 aliphatic rings. The van der Waals surface area contributed by atoms with E-state index in [1.807, 2.05) is 0 Å². The van der Waals surface area contributed by atoms with Crippen molar-refractivity contribution in [3.63, 3.8) is 0 Å². The van der Waals surface area contributed by atoms with Crippen molar-refractivity contribution < 1.29 is 31.0 Å². The number of aromatic hydroxyl groups is 1. The van der Waals surface area contributed by atoms with Gasteiger partial charge in [0.15, 0.2) is 5.69 Å². The molecule has 11 nitrogen and oxygen atoms in total. The second-order valence-electron chi connectivity index (χ2n) is 6.02. The smallest absolute Gasteiger partial charge is 0.296 e. The Bertz CT molecular complexity index is 1420. The van der Waals surface area contributed by atoms with Gasteiger partial charge in [0, 0.05) is 0 Å². The molecule has 0 saturated carbocycles. The minimum atomic E-state index is -4.62. The molecule has 0 unspecified atom stereocenters. The molecular formula is C16H12Cl2N4O7S2. The Labute approximate surface area is 186 Å². The fourth-order valence-electron chi connectivity index (χ4n) is 2.47. The summed E-state index contributed by atoms with van der Waals surface area (Å²) in [7, 11) is -8.96. The first-order valence-corrected chi connectivity index (χ1v) is 11.7. The number of nitrogens with zero attached hydrogens (tertiary/aromatic N) is 4. The first kappa shape index (κ1) is 23.1. The van der Waals surface area contributed by atoms with Crippen molar-refractivity contribution in [2.45, 2.75) is 16.7 Å². The SMILES string of the molecule is Cc1nn(-c2ccc(S(=O)(=O)O)c(Cl)c2Cl)c(O)c1/N=N/c1ccc(S(=O)(=O)O)cc1. The van der Waals surface area contributed by atoms with Gasteiger partial charge in [0.2, 0.25) is 5.88 Å². The lowest BCUT2D eigenvalue weighted by molar-refractivity contribution is 0.434. The van der Waals surface area contributed by atoms with Crippen LogP contribution in [0.3, 0.4) is 0 Å². The van der Waals surface area contributed by atoms with Crippen molar-refractivity contribution >= 4 is 54.8 Å². The highest BCUT2D eigenvalue weighted by Crippen LogP contribution is 2.39. The number of hydrogen-bond donors (Lipinski definition) is 3. The number of aromatic nitrogens is 2. The Morgan fingerprint density at radius 2 is 1.52 bits per heavy atom. The van der Waals surface area contributed by atoms with E-state index in [4.69, 9.17) is 27.8 Å². The van der Waals surface area contributed by atoms with E-state index >= 15 is 0 Å². The molecule has 3 rings (SSSR count). The van der Waals surface area contributed by atoms with Crippen molar-refractivity contribution in [2.24, 2.45) is 10.2 Å². The maximum absolute atomic E-state index is 11.3. The van der Waals surface area contributed by atoms with Crippen LogP contribution in [-0.2, 0) is 20.2 Å². The minimum Gasteiger partial charge on any atom is -0.492 e. The predicted molar refractivity (Wildman–Crippen MR) is 110 cm³/mol. The molecule has 1 heterocycles. The molecule has 0 fully saturated rings. The average molecular weight is 507 g/mol. The fourth-order valence-corrected chi connectivity index (χ4v) is 4.27. The van der Waals surface area contributed by atoms with Crippen molar-refractivity contribution in [2.75, 3.05) is 0 Å². The zero-order valence-corrected chi connectivity index (χ0v) is 18.4. The van der Waals surface area contributed by atoms with Crippen LogP contribution in [-0.4, -0.2) is 40.8 Å². The Morgan fingerprint density at radius 3 is 2.06 bits per heavy atom. The Balaban J connectivity index is 2.00. The molecule has 0 spiro atoms. The number of rotatable bonds is 5. The van der Waals surface area contributed by atoms with Gasteiger partial charge in [-0.05, 0) is 43.3 Å². The molecule has 1 aromatic heterocycles. The van der Waals surface area contributed by atoms with Crippen LogP contribution in [0.5, 0.6) is 5.88 Å². The number of hydrogen-bond acceptors (Lipinski definition) is 8. The van der Waals surface area contributed by atoms with E-state index in [1.165, 1.54) is 25.1 Å². The zero-order chi connectivity index (χ0) is 23.1. The molecule has 31 heavy (non-hydrogen) atoms. The van der Waals surface area contributed by atoms with Gasteiger partial charge in [-0.25, -0.2) is 0 Å². The van der Waals surface area contributed by atoms with E-state index in [9.17, 15) is 26.5 Å². The predicted octanol–water partition coefficient (Wildman–Crippen LogP) is 4.10. The van der Waals surface area contributed by atoms with Crippen LogP contribution in [0.1, 0.15) is 5.69 Å². The monoisotopic (exact) mass is 506 g/mol. The lowest BCUT2D eigenvalue weighted by Gasteiger charge is -2.09. The van der Waals surface area contributed by atoms with Crippen LogP contribution in [0, 0.1) is 6.92 Å². The quantitative estimate of drug-likeness (QED) is 0.342. The van der Waals surface area contributed by atoms with Crippen LogP contribution < -0.4 is 0 Å². The summed E-state index contributed by atoms with van der Waals surface area (Å²) in [5.41, 5.74) is 0.405. The number of azo groups is 1. The zero-order valence-electron chi connectivity index (χ0n) is 15.3. The highest BCUT2D eigenvalue weighted by atomic mass is 35.5. The van der Waals surface area contributed by atoms with Gasteiger partial charge in [0.25, 0.3) is 20.2 Å². The number of aryl methyl sites for hydroxylation is 1. The standard InChI is InChI=1S/C16H12Cl2N4O7S2/c1-8-15(20-19-9-2-4-10(5-3-9)30(24,25)26)16(23)22(21-8)11-6-7-12(31(27,28)29)14(18)13(11)17/h2-7,23H,1H3,(H,24,25,26)(H,27,28,29)/b20-19+. The average Bonchev–Trinajstić information content (AvgIpc) is 2.94. The van der Waals surface area contributed by atoms with E-state index in [0.29, 0.717) is 0 Å². The highest BCUT2D eigenvalue weighted by molar-refractivity contribution is 7.86. The third-order valence-electron chi connectivity index (χ3n) is 3.94. The second-order valence-corrected chi connectivity index (χ2v) is 9.59. The summed E-state index contributed by atoms with van der Waals surface area (Å²) < 4.78 is 63.9.